The summed E-state index contributed by atoms with van der Waals surface area (Å²) in [5.41, 5.74) is 1.30. The van der Waals surface area contributed by atoms with E-state index in [2.05, 4.69) is 10.1 Å². The summed E-state index contributed by atoms with van der Waals surface area (Å²) in [6.07, 6.45) is 3.08. The third kappa shape index (κ3) is 2.86. The molecule has 104 valence electrons. The van der Waals surface area contributed by atoms with Crippen molar-refractivity contribution in [1.29, 1.82) is 0 Å². The first-order valence-corrected chi connectivity index (χ1v) is 6.01. The Morgan fingerprint density at radius 2 is 2.05 bits per heavy atom. The molecule has 0 fully saturated rings. The van der Waals surface area contributed by atoms with Gasteiger partial charge in [0.05, 0.1) is 11.2 Å². The second-order valence-corrected chi connectivity index (χ2v) is 4.13. The zero-order valence-corrected chi connectivity index (χ0v) is 10.7. The summed E-state index contributed by atoms with van der Waals surface area (Å²) in [5.74, 6) is 0.912. The van der Waals surface area contributed by atoms with Gasteiger partial charge < -0.3 is 8.94 Å². The highest BCUT2D eigenvalue weighted by atomic mass is 16.6. The Balaban J connectivity index is 1.75. The summed E-state index contributed by atoms with van der Waals surface area (Å²) < 4.78 is 10.2. The molecule has 2 aromatic heterocycles. The minimum Gasteiger partial charge on any atom is -0.463 e. The highest BCUT2D eigenvalue weighted by Gasteiger charge is 2.07. The molecule has 0 saturated heterocycles. The van der Waals surface area contributed by atoms with Gasteiger partial charge in [0.25, 0.3) is 11.6 Å². The van der Waals surface area contributed by atoms with Crippen molar-refractivity contribution in [1.82, 2.24) is 5.16 Å². The lowest BCUT2D eigenvalue weighted by molar-refractivity contribution is -0.384. The highest BCUT2D eigenvalue weighted by Crippen LogP contribution is 2.23. The number of rotatable bonds is 4. The van der Waals surface area contributed by atoms with Gasteiger partial charge in [-0.25, -0.2) is 4.99 Å². The molecule has 0 bridgehead atoms. The molecule has 0 spiro atoms. The SMILES string of the molecule is O=[N+]([O-])c1ccc(C=Nc2cc(-c3ccco3)no2)cc1. The summed E-state index contributed by atoms with van der Waals surface area (Å²) in [6.45, 7) is 0. The first-order chi connectivity index (χ1) is 10.2. The zero-order chi connectivity index (χ0) is 14.7. The third-order valence-electron chi connectivity index (χ3n) is 2.72. The topological polar surface area (TPSA) is 94.7 Å². The van der Waals surface area contributed by atoms with Crippen LogP contribution >= 0.6 is 0 Å². The number of nitro benzene ring substituents is 1. The lowest BCUT2D eigenvalue weighted by Gasteiger charge is -1.92. The predicted octanol–water partition coefficient (Wildman–Crippen LogP) is 3.59. The Bertz CT molecular complexity index is 773. The summed E-state index contributed by atoms with van der Waals surface area (Å²) >= 11 is 0. The van der Waals surface area contributed by atoms with Crippen LogP contribution in [0.3, 0.4) is 0 Å². The molecule has 0 saturated carbocycles. The van der Waals surface area contributed by atoms with E-state index >= 15 is 0 Å². The normalized spacial score (nSPS) is 11.0. The Kier molecular flexibility index (Phi) is 3.30. The van der Waals surface area contributed by atoms with Crippen molar-refractivity contribution in [3.05, 3.63) is 64.4 Å². The molecule has 0 unspecified atom stereocenters. The van der Waals surface area contributed by atoms with Crippen LogP contribution in [0.5, 0.6) is 0 Å². The predicted molar refractivity (Wildman–Crippen MR) is 74.6 cm³/mol. The molecule has 2 heterocycles. The van der Waals surface area contributed by atoms with E-state index in [0.29, 0.717) is 17.3 Å². The molecule has 0 aliphatic rings. The Morgan fingerprint density at radius 3 is 2.71 bits per heavy atom. The fourth-order valence-corrected chi connectivity index (χ4v) is 1.69. The number of hydrogen-bond donors (Lipinski definition) is 0. The average Bonchev–Trinajstić information content (AvgIpc) is 3.16. The molecule has 7 nitrogen and oxygen atoms in total. The van der Waals surface area contributed by atoms with Gasteiger partial charge >= 0.3 is 0 Å². The molecule has 0 atom stereocenters. The lowest BCUT2D eigenvalue weighted by atomic mass is 10.2. The van der Waals surface area contributed by atoms with Crippen LogP contribution in [-0.4, -0.2) is 16.3 Å². The summed E-state index contributed by atoms with van der Waals surface area (Å²) in [7, 11) is 0. The van der Waals surface area contributed by atoms with E-state index in [9.17, 15) is 10.1 Å². The van der Waals surface area contributed by atoms with Crippen LogP contribution in [0.4, 0.5) is 11.6 Å². The van der Waals surface area contributed by atoms with E-state index in [1.54, 1.807) is 36.6 Å². The highest BCUT2D eigenvalue weighted by molar-refractivity contribution is 5.81. The molecule has 0 aliphatic carbocycles. The fraction of sp³-hybridized carbons (Fsp3) is 0. The summed E-state index contributed by atoms with van der Waals surface area (Å²) in [4.78, 5) is 14.2. The maximum atomic E-state index is 10.5. The first kappa shape index (κ1) is 12.8. The fourth-order valence-electron chi connectivity index (χ4n) is 1.69. The van der Waals surface area contributed by atoms with Gasteiger partial charge in [-0.05, 0) is 29.8 Å². The number of nitrogens with zero attached hydrogens (tertiary/aromatic N) is 3. The van der Waals surface area contributed by atoms with Gasteiger partial charge in [0, 0.05) is 24.4 Å². The minimum atomic E-state index is -0.451. The Labute approximate surface area is 118 Å². The maximum Gasteiger partial charge on any atom is 0.269 e. The number of aromatic nitrogens is 1. The van der Waals surface area contributed by atoms with E-state index < -0.39 is 4.92 Å². The van der Waals surface area contributed by atoms with Gasteiger partial charge in [-0.15, -0.1) is 0 Å². The van der Waals surface area contributed by atoms with Crippen molar-refractivity contribution >= 4 is 17.8 Å². The van der Waals surface area contributed by atoms with E-state index in [-0.39, 0.29) is 5.69 Å². The van der Waals surface area contributed by atoms with Crippen molar-refractivity contribution < 1.29 is 13.9 Å². The molecular weight excluding hydrogens is 274 g/mol. The second-order valence-electron chi connectivity index (χ2n) is 4.13. The summed E-state index contributed by atoms with van der Waals surface area (Å²) in [6, 6.07) is 11.2. The molecule has 3 aromatic rings. The quantitative estimate of drug-likeness (QED) is 0.414. The van der Waals surface area contributed by atoms with Crippen molar-refractivity contribution in [3.8, 4) is 11.5 Å². The van der Waals surface area contributed by atoms with Crippen LogP contribution in [0.2, 0.25) is 0 Å². The van der Waals surface area contributed by atoms with Crippen molar-refractivity contribution in [3.63, 3.8) is 0 Å². The smallest absolute Gasteiger partial charge is 0.269 e. The first-order valence-electron chi connectivity index (χ1n) is 6.01. The molecule has 3 rings (SSSR count). The molecule has 0 radical (unpaired) electrons. The third-order valence-corrected chi connectivity index (χ3v) is 2.72. The van der Waals surface area contributed by atoms with Crippen LogP contribution in [0.25, 0.3) is 11.5 Å². The van der Waals surface area contributed by atoms with E-state index in [4.69, 9.17) is 8.94 Å². The lowest BCUT2D eigenvalue weighted by Crippen LogP contribution is -1.88. The van der Waals surface area contributed by atoms with Gasteiger partial charge in [0.15, 0.2) is 11.5 Å². The molecule has 21 heavy (non-hydrogen) atoms. The van der Waals surface area contributed by atoms with Crippen LogP contribution in [-0.2, 0) is 0 Å². The Hall–Kier alpha value is -3.22. The molecule has 0 amide bonds. The zero-order valence-electron chi connectivity index (χ0n) is 10.7. The Morgan fingerprint density at radius 1 is 1.24 bits per heavy atom. The number of nitro groups is 1. The largest absolute Gasteiger partial charge is 0.463 e. The number of furan rings is 1. The van der Waals surface area contributed by atoms with Gasteiger partial charge in [0.1, 0.15) is 0 Å². The van der Waals surface area contributed by atoms with E-state index in [1.165, 1.54) is 18.3 Å². The van der Waals surface area contributed by atoms with Crippen molar-refractivity contribution in [2.45, 2.75) is 0 Å². The van der Waals surface area contributed by atoms with Crippen LogP contribution in [0.15, 0.2) is 62.7 Å². The second kappa shape index (κ2) is 5.41. The number of hydrogen-bond acceptors (Lipinski definition) is 6. The van der Waals surface area contributed by atoms with E-state index in [0.717, 1.165) is 5.56 Å². The molecular formula is C14H9N3O4. The molecule has 1 aromatic carbocycles. The van der Waals surface area contributed by atoms with Crippen molar-refractivity contribution in [2.75, 3.05) is 0 Å². The van der Waals surface area contributed by atoms with Crippen LogP contribution in [0.1, 0.15) is 5.56 Å². The number of benzene rings is 1. The maximum absolute atomic E-state index is 10.5. The van der Waals surface area contributed by atoms with Gasteiger partial charge in [-0.2, -0.15) is 0 Å². The van der Waals surface area contributed by atoms with E-state index in [1.807, 2.05) is 0 Å². The molecule has 0 N–H and O–H groups in total. The standard InChI is InChI=1S/C14H9N3O4/c18-17(19)11-5-3-10(4-6-11)9-15-14-8-12(16-21-14)13-2-1-7-20-13/h1-9H. The van der Waals surface area contributed by atoms with Gasteiger partial charge in [-0.1, -0.05) is 5.16 Å². The molecule has 7 heteroatoms. The van der Waals surface area contributed by atoms with Gasteiger partial charge in [0.2, 0.25) is 0 Å². The average molecular weight is 283 g/mol. The monoisotopic (exact) mass is 283 g/mol. The van der Waals surface area contributed by atoms with Crippen LogP contribution < -0.4 is 0 Å². The minimum absolute atomic E-state index is 0.0342. The molecule has 0 aliphatic heterocycles. The number of aliphatic imine (C=N–C) groups is 1. The van der Waals surface area contributed by atoms with Crippen molar-refractivity contribution in [2.24, 2.45) is 4.99 Å². The summed E-state index contributed by atoms with van der Waals surface area (Å²) in [5, 5.41) is 14.4. The van der Waals surface area contributed by atoms with Crippen LogP contribution in [0, 0.1) is 10.1 Å². The number of non-ortho nitro benzene ring substituents is 1. The van der Waals surface area contributed by atoms with Gasteiger partial charge in [-0.3, -0.25) is 10.1 Å².